The highest BCUT2D eigenvalue weighted by Gasteiger charge is 2.14. The number of esters is 1. The first-order valence-corrected chi connectivity index (χ1v) is 6.18. The first-order chi connectivity index (χ1) is 9.58. The molecule has 1 aromatic heterocycles. The fourth-order valence-corrected chi connectivity index (χ4v) is 2.13. The summed E-state index contributed by atoms with van der Waals surface area (Å²) in [4.78, 5) is 16.0. The van der Waals surface area contributed by atoms with E-state index in [1.54, 1.807) is 20.3 Å². The summed E-state index contributed by atoms with van der Waals surface area (Å²) in [5.41, 5.74) is 2.38. The molecule has 0 aliphatic rings. The summed E-state index contributed by atoms with van der Waals surface area (Å²) in [6.07, 6.45) is 0.187. The van der Waals surface area contributed by atoms with Gasteiger partial charge in [-0.15, -0.1) is 0 Å². The van der Waals surface area contributed by atoms with Crippen LogP contribution in [0.15, 0.2) is 18.2 Å². The van der Waals surface area contributed by atoms with Crippen LogP contribution in [0.25, 0.3) is 10.9 Å². The molecular weight excluding hydrogens is 258 g/mol. The van der Waals surface area contributed by atoms with Crippen molar-refractivity contribution in [2.75, 3.05) is 21.3 Å². The predicted molar refractivity (Wildman–Crippen MR) is 75.3 cm³/mol. The van der Waals surface area contributed by atoms with Crippen LogP contribution in [-0.4, -0.2) is 32.3 Å². The minimum absolute atomic E-state index is 0.187. The maximum atomic E-state index is 11.5. The number of aromatic nitrogens is 1. The Morgan fingerprint density at radius 2 is 1.90 bits per heavy atom. The van der Waals surface area contributed by atoms with E-state index >= 15 is 0 Å². The summed E-state index contributed by atoms with van der Waals surface area (Å²) in [5, 5.41) is 0.831. The van der Waals surface area contributed by atoms with Gasteiger partial charge in [0.1, 0.15) is 17.0 Å². The second-order valence-electron chi connectivity index (χ2n) is 4.40. The summed E-state index contributed by atoms with van der Waals surface area (Å²) < 4.78 is 15.3. The highest BCUT2D eigenvalue weighted by atomic mass is 16.5. The zero-order valence-electron chi connectivity index (χ0n) is 12.0. The molecule has 2 aromatic rings. The van der Waals surface area contributed by atoms with E-state index in [4.69, 9.17) is 14.2 Å². The summed E-state index contributed by atoms with van der Waals surface area (Å²) >= 11 is 0. The molecule has 0 bridgehead atoms. The van der Waals surface area contributed by atoms with E-state index in [0.29, 0.717) is 17.0 Å². The van der Waals surface area contributed by atoms with Gasteiger partial charge in [-0.1, -0.05) is 0 Å². The Bertz CT molecular complexity index is 652. The third-order valence-corrected chi connectivity index (χ3v) is 3.08. The van der Waals surface area contributed by atoms with Gasteiger partial charge in [0.2, 0.25) is 0 Å². The zero-order valence-corrected chi connectivity index (χ0v) is 12.0. The van der Waals surface area contributed by atoms with Gasteiger partial charge in [-0.3, -0.25) is 4.79 Å². The second-order valence-corrected chi connectivity index (χ2v) is 4.40. The Labute approximate surface area is 117 Å². The van der Waals surface area contributed by atoms with Crippen LogP contribution in [-0.2, 0) is 16.0 Å². The number of hydrogen-bond acceptors (Lipinski definition) is 5. The van der Waals surface area contributed by atoms with E-state index in [9.17, 15) is 4.79 Å². The molecule has 0 radical (unpaired) electrons. The molecule has 0 saturated carbocycles. The topological polar surface area (TPSA) is 57.7 Å². The van der Waals surface area contributed by atoms with Crippen LogP contribution in [0.5, 0.6) is 11.5 Å². The fraction of sp³-hybridized carbons (Fsp3) is 0.333. The number of pyridine rings is 1. The van der Waals surface area contributed by atoms with Crippen molar-refractivity contribution in [3.05, 3.63) is 29.5 Å². The average molecular weight is 275 g/mol. The number of ether oxygens (including phenoxy) is 3. The predicted octanol–water partition coefficient (Wildman–Crippen LogP) is 2.28. The summed E-state index contributed by atoms with van der Waals surface area (Å²) in [5.74, 6) is 0.985. The third kappa shape index (κ3) is 2.66. The van der Waals surface area contributed by atoms with Crippen molar-refractivity contribution in [3.63, 3.8) is 0 Å². The standard InChI is InChI=1S/C15H17NO4/c1-9-5-10(6-14(17)20-4)12-7-11(18-2)8-13(19-3)15(12)16-9/h5,7-8H,6H2,1-4H3. The maximum absolute atomic E-state index is 11.5. The van der Waals surface area contributed by atoms with E-state index in [2.05, 4.69) is 4.98 Å². The van der Waals surface area contributed by atoms with Crippen molar-refractivity contribution in [2.24, 2.45) is 0 Å². The van der Waals surface area contributed by atoms with E-state index in [1.165, 1.54) is 7.11 Å². The van der Waals surface area contributed by atoms with Crippen molar-refractivity contribution in [1.82, 2.24) is 4.98 Å². The first-order valence-electron chi connectivity index (χ1n) is 6.18. The molecule has 0 aliphatic carbocycles. The van der Waals surface area contributed by atoms with Gasteiger partial charge >= 0.3 is 5.97 Å². The highest BCUT2D eigenvalue weighted by Crippen LogP contribution is 2.32. The van der Waals surface area contributed by atoms with Crippen LogP contribution in [0, 0.1) is 6.92 Å². The van der Waals surface area contributed by atoms with Crippen LogP contribution in [0.1, 0.15) is 11.3 Å². The smallest absolute Gasteiger partial charge is 0.310 e. The van der Waals surface area contributed by atoms with Crippen molar-refractivity contribution in [2.45, 2.75) is 13.3 Å². The molecule has 0 fully saturated rings. The van der Waals surface area contributed by atoms with Crippen LogP contribution < -0.4 is 9.47 Å². The Balaban J connectivity index is 2.69. The van der Waals surface area contributed by atoms with Crippen LogP contribution in [0.3, 0.4) is 0 Å². The molecule has 0 atom stereocenters. The molecular formula is C15H17NO4. The van der Waals surface area contributed by atoms with Crippen LogP contribution in [0.2, 0.25) is 0 Å². The fourth-order valence-electron chi connectivity index (χ4n) is 2.13. The summed E-state index contributed by atoms with van der Waals surface area (Å²) in [6, 6.07) is 5.50. The number of carbonyl (C=O) groups excluding carboxylic acids is 1. The van der Waals surface area contributed by atoms with Gasteiger partial charge in [0.15, 0.2) is 0 Å². The number of methoxy groups -OCH3 is 3. The van der Waals surface area contributed by atoms with Gasteiger partial charge in [0.25, 0.3) is 0 Å². The Hall–Kier alpha value is -2.30. The molecule has 0 saturated heterocycles. The number of aryl methyl sites for hydroxylation is 1. The van der Waals surface area contributed by atoms with Crippen molar-refractivity contribution in [1.29, 1.82) is 0 Å². The molecule has 1 heterocycles. The number of nitrogens with zero attached hydrogens (tertiary/aromatic N) is 1. The Morgan fingerprint density at radius 3 is 2.50 bits per heavy atom. The normalized spacial score (nSPS) is 10.4. The lowest BCUT2D eigenvalue weighted by atomic mass is 10.0. The first kappa shape index (κ1) is 14.1. The SMILES string of the molecule is COC(=O)Cc1cc(C)nc2c(OC)cc(OC)cc12. The van der Waals surface area contributed by atoms with E-state index in [-0.39, 0.29) is 12.4 Å². The van der Waals surface area contributed by atoms with Crippen molar-refractivity contribution < 1.29 is 19.0 Å². The Kier molecular flexibility index (Phi) is 4.08. The molecule has 106 valence electrons. The molecule has 5 nitrogen and oxygen atoms in total. The van der Waals surface area contributed by atoms with Crippen LogP contribution in [0.4, 0.5) is 0 Å². The molecule has 0 N–H and O–H groups in total. The lowest BCUT2D eigenvalue weighted by molar-refractivity contribution is -0.139. The zero-order chi connectivity index (χ0) is 14.7. The average Bonchev–Trinajstić information content (AvgIpc) is 2.46. The number of carbonyl (C=O) groups is 1. The van der Waals surface area contributed by atoms with Crippen LogP contribution >= 0.6 is 0 Å². The summed E-state index contributed by atoms with van der Waals surface area (Å²) in [6.45, 7) is 1.88. The number of fused-ring (bicyclic) bond motifs is 1. The molecule has 0 unspecified atom stereocenters. The third-order valence-electron chi connectivity index (χ3n) is 3.08. The molecule has 2 rings (SSSR count). The molecule has 20 heavy (non-hydrogen) atoms. The molecule has 1 aromatic carbocycles. The minimum atomic E-state index is -0.293. The monoisotopic (exact) mass is 275 g/mol. The van der Waals surface area contributed by atoms with Crippen molar-refractivity contribution >= 4 is 16.9 Å². The van der Waals surface area contributed by atoms with Gasteiger partial charge in [-0.25, -0.2) is 4.98 Å². The van der Waals surface area contributed by atoms with Gasteiger partial charge < -0.3 is 14.2 Å². The number of hydrogen-bond donors (Lipinski definition) is 0. The number of rotatable bonds is 4. The van der Waals surface area contributed by atoms with Gasteiger partial charge in [-0.05, 0) is 24.6 Å². The minimum Gasteiger partial charge on any atom is -0.497 e. The van der Waals surface area contributed by atoms with Gasteiger partial charge in [0.05, 0.1) is 27.8 Å². The number of benzene rings is 1. The van der Waals surface area contributed by atoms with E-state index in [1.807, 2.05) is 19.1 Å². The molecule has 0 spiro atoms. The second kappa shape index (κ2) is 5.77. The van der Waals surface area contributed by atoms with Crippen molar-refractivity contribution in [3.8, 4) is 11.5 Å². The summed E-state index contributed by atoms with van der Waals surface area (Å²) in [7, 11) is 4.54. The lowest BCUT2D eigenvalue weighted by Gasteiger charge is -2.12. The highest BCUT2D eigenvalue weighted by molar-refractivity contribution is 5.91. The van der Waals surface area contributed by atoms with E-state index < -0.39 is 0 Å². The molecule has 0 aliphatic heterocycles. The Morgan fingerprint density at radius 1 is 1.15 bits per heavy atom. The largest absolute Gasteiger partial charge is 0.497 e. The quantitative estimate of drug-likeness (QED) is 0.801. The molecule has 5 heteroatoms. The maximum Gasteiger partial charge on any atom is 0.310 e. The van der Waals surface area contributed by atoms with Gasteiger partial charge in [-0.2, -0.15) is 0 Å². The van der Waals surface area contributed by atoms with E-state index in [0.717, 1.165) is 16.6 Å². The lowest BCUT2D eigenvalue weighted by Crippen LogP contribution is -2.06. The molecule has 0 amide bonds. The van der Waals surface area contributed by atoms with Gasteiger partial charge in [0, 0.05) is 17.1 Å².